The molecule has 3 rings (SSSR count). The molecule has 17 heavy (non-hydrogen) atoms. The van der Waals surface area contributed by atoms with Crippen LogP contribution in [0.1, 0.15) is 5.82 Å². The van der Waals surface area contributed by atoms with Crippen LogP contribution < -0.4 is 5.73 Å². The SMILES string of the molecule is Cc1nc(-c2ccc3c(N)n[nH]c3c2)c(F)[nH]1. The predicted molar refractivity (Wildman–Crippen MR) is 62.8 cm³/mol. The summed E-state index contributed by atoms with van der Waals surface area (Å²) in [5.41, 5.74) is 7.41. The van der Waals surface area contributed by atoms with Crippen LogP contribution in [0.25, 0.3) is 22.2 Å². The summed E-state index contributed by atoms with van der Waals surface area (Å²) in [6, 6.07) is 5.34. The summed E-state index contributed by atoms with van der Waals surface area (Å²) in [7, 11) is 0. The summed E-state index contributed by atoms with van der Waals surface area (Å²) in [5.74, 6) is 0.543. The van der Waals surface area contributed by atoms with Gasteiger partial charge in [-0.05, 0) is 19.1 Å². The van der Waals surface area contributed by atoms with Gasteiger partial charge in [0.2, 0.25) is 5.95 Å². The van der Waals surface area contributed by atoms with Crippen LogP contribution in [0, 0.1) is 12.9 Å². The first kappa shape index (κ1) is 9.83. The molecule has 0 amide bonds. The molecule has 3 aromatic rings. The smallest absolute Gasteiger partial charge is 0.218 e. The Balaban J connectivity index is 2.21. The number of fused-ring (bicyclic) bond motifs is 1. The largest absolute Gasteiger partial charge is 0.382 e. The van der Waals surface area contributed by atoms with Crippen molar-refractivity contribution < 1.29 is 4.39 Å². The van der Waals surface area contributed by atoms with Crippen molar-refractivity contribution >= 4 is 16.7 Å². The zero-order valence-corrected chi connectivity index (χ0v) is 9.08. The number of imidazole rings is 1. The van der Waals surface area contributed by atoms with E-state index in [0.717, 1.165) is 10.9 Å². The maximum absolute atomic E-state index is 13.5. The Morgan fingerprint density at radius 3 is 2.88 bits per heavy atom. The Bertz CT molecular complexity index is 697. The lowest BCUT2D eigenvalue weighted by atomic mass is 10.1. The van der Waals surface area contributed by atoms with E-state index in [1.165, 1.54) is 0 Å². The summed E-state index contributed by atoms with van der Waals surface area (Å²) in [4.78, 5) is 6.63. The van der Waals surface area contributed by atoms with E-state index in [2.05, 4.69) is 20.2 Å². The molecule has 0 saturated heterocycles. The molecule has 0 aliphatic heterocycles. The molecule has 6 heteroatoms. The monoisotopic (exact) mass is 231 g/mol. The second-order valence-corrected chi connectivity index (χ2v) is 3.85. The molecular weight excluding hydrogens is 221 g/mol. The number of nitrogens with one attached hydrogen (secondary N) is 2. The van der Waals surface area contributed by atoms with Gasteiger partial charge in [0.15, 0.2) is 5.82 Å². The van der Waals surface area contributed by atoms with Crippen LogP contribution in [0.2, 0.25) is 0 Å². The molecule has 5 nitrogen and oxygen atoms in total. The van der Waals surface area contributed by atoms with Gasteiger partial charge < -0.3 is 10.7 Å². The Hall–Kier alpha value is -2.37. The van der Waals surface area contributed by atoms with Crippen molar-refractivity contribution in [2.24, 2.45) is 0 Å². The first-order chi connectivity index (χ1) is 8.15. The van der Waals surface area contributed by atoms with Crippen molar-refractivity contribution in [3.8, 4) is 11.3 Å². The molecule has 0 bridgehead atoms. The quantitative estimate of drug-likeness (QED) is 0.598. The third-order valence-corrected chi connectivity index (χ3v) is 2.64. The maximum Gasteiger partial charge on any atom is 0.218 e. The average molecular weight is 231 g/mol. The third kappa shape index (κ3) is 1.45. The lowest BCUT2D eigenvalue weighted by molar-refractivity contribution is 0.592. The Morgan fingerprint density at radius 1 is 1.35 bits per heavy atom. The summed E-state index contributed by atoms with van der Waals surface area (Å²) in [5, 5.41) is 7.50. The van der Waals surface area contributed by atoms with Gasteiger partial charge in [-0.25, -0.2) is 4.98 Å². The second kappa shape index (κ2) is 3.31. The lowest BCUT2D eigenvalue weighted by Crippen LogP contribution is -1.84. The molecule has 0 aliphatic carbocycles. The number of aryl methyl sites for hydroxylation is 1. The summed E-state index contributed by atoms with van der Waals surface area (Å²) in [6.45, 7) is 1.71. The number of nitrogen functional groups attached to an aromatic ring is 1. The molecule has 2 heterocycles. The lowest BCUT2D eigenvalue weighted by Gasteiger charge is -1.97. The molecule has 0 atom stereocenters. The van der Waals surface area contributed by atoms with Gasteiger partial charge >= 0.3 is 0 Å². The van der Waals surface area contributed by atoms with Crippen LogP contribution in [0.4, 0.5) is 10.2 Å². The van der Waals surface area contributed by atoms with Gasteiger partial charge in [0.25, 0.3) is 0 Å². The maximum atomic E-state index is 13.5. The number of rotatable bonds is 1. The highest BCUT2D eigenvalue weighted by Gasteiger charge is 2.11. The number of anilines is 1. The van der Waals surface area contributed by atoms with E-state index in [9.17, 15) is 4.39 Å². The molecule has 0 radical (unpaired) electrons. The molecule has 0 saturated carbocycles. The van der Waals surface area contributed by atoms with E-state index < -0.39 is 5.95 Å². The summed E-state index contributed by atoms with van der Waals surface area (Å²) in [6.07, 6.45) is 0. The third-order valence-electron chi connectivity index (χ3n) is 2.64. The standard InChI is InChI=1S/C11H10FN5/c1-5-14-9(10(12)15-5)6-2-3-7-8(4-6)16-17-11(7)13/h2-4H,1H3,(H,14,15)(H3,13,16,17). The van der Waals surface area contributed by atoms with Crippen molar-refractivity contribution in [2.75, 3.05) is 5.73 Å². The number of hydrogen-bond acceptors (Lipinski definition) is 3. The second-order valence-electron chi connectivity index (χ2n) is 3.85. The number of aromatic amines is 2. The molecule has 0 fully saturated rings. The Kier molecular flexibility index (Phi) is 1.91. The molecule has 2 aromatic heterocycles. The van der Waals surface area contributed by atoms with Crippen LogP contribution in [-0.4, -0.2) is 20.2 Å². The van der Waals surface area contributed by atoms with E-state index in [1.54, 1.807) is 25.1 Å². The summed E-state index contributed by atoms with van der Waals surface area (Å²) < 4.78 is 13.5. The highest BCUT2D eigenvalue weighted by atomic mass is 19.1. The zero-order valence-electron chi connectivity index (χ0n) is 9.08. The van der Waals surface area contributed by atoms with Crippen LogP contribution in [0.15, 0.2) is 18.2 Å². The molecule has 0 aliphatic rings. The fourth-order valence-corrected chi connectivity index (χ4v) is 1.84. The van der Waals surface area contributed by atoms with Gasteiger partial charge in [-0.2, -0.15) is 9.49 Å². The van der Waals surface area contributed by atoms with Gasteiger partial charge in [-0.1, -0.05) is 6.07 Å². The minimum Gasteiger partial charge on any atom is -0.382 e. The van der Waals surface area contributed by atoms with Crippen LogP contribution >= 0.6 is 0 Å². The normalized spacial score (nSPS) is 11.2. The molecule has 86 valence electrons. The van der Waals surface area contributed by atoms with Gasteiger partial charge in [0.05, 0.1) is 5.52 Å². The molecule has 1 aromatic carbocycles. The van der Waals surface area contributed by atoms with E-state index >= 15 is 0 Å². The fraction of sp³-hybridized carbons (Fsp3) is 0.0909. The summed E-state index contributed by atoms with van der Waals surface area (Å²) >= 11 is 0. The fourth-order valence-electron chi connectivity index (χ4n) is 1.84. The number of nitrogens with zero attached hydrogens (tertiary/aromatic N) is 2. The average Bonchev–Trinajstić information content (AvgIpc) is 2.82. The van der Waals surface area contributed by atoms with E-state index in [1.807, 2.05) is 0 Å². The predicted octanol–water partition coefficient (Wildman–Crippen LogP) is 1.98. The van der Waals surface area contributed by atoms with Gasteiger partial charge in [0.1, 0.15) is 11.5 Å². The Labute approximate surface area is 95.9 Å². The van der Waals surface area contributed by atoms with Crippen molar-refractivity contribution in [2.45, 2.75) is 6.92 Å². The molecular formula is C11H10FN5. The van der Waals surface area contributed by atoms with Crippen molar-refractivity contribution in [3.63, 3.8) is 0 Å². The van der Waals surface area contributed by atoms with E-state index in [4.69, 9.17) is 5.73 Å². The topological polar surface area (TPSA) is 83.4 Å². The minimum absolute atomic E-state index is 0.303. The first-order valence-corrected chi connectivity index (χ1v) is 5.11. The number of halogens is 1. The number of nitrogens with two attached hydrogens (primary N) is 1. The number of H-pyrrole nitrogens is 2. The molecule has 4 N–H and O–H groups in total. The number of benzene rings is 1. The van der Waals surface area contributed by atoms with Crippen LogP contribution in [0.5, 0.6) is 0 Å². The Morgan fingerprint density at radius 2 is 2.18 bits per heavy atom. The van der Waals surface area contributed by atoms with Gasteiger partial charge in [0, 0.05) is 10.9 Å². The van der Waals surface area contributed by atoms with Crippen molar-refractivity contribution in [3.05, 3.63) is 30.0 Å². The van der Waals surface area contributed by atoms with Gasteiger partial charge in [-0.15, -0.1) is 0 Å². The molecule has 0 spiro atoms. The highest BCUT2D eigenvalue weighted by molar-refractivity contribution is 5.91. The van der Waals surface area contributed by atoms with E-state index in [-0.39, 0.29) is 0 Å². The highest BCUT2D eigenvalue weighted by Crippen LogP contribution is 2.26. The number of hydrogen-bond donors (Lipinski definition) is 3. The van der Waals surface area contributed by atoms with Crippen molar-refractivity contribution in [1.82, 2.24) is 20.2 Å². The van der Waals surface area contributed by atoms with Crippen molar-refractivity contribution in [1.29, 1.82) is 0 Å². The zero-order chi connectivity index (χ0) is 12.0. The van der Waals surface area contributed by atoms with Gasteiger partial charge in [-0.3, -0.25) is 5.10 Å². The van der Waals surface area contributed by atoms with E-state index in [0.29, 0.717) is 22.9 Å². The minimum atomic E-state index is -0.436. The first-order valence-electron chi connectivity index (χ1n) is 5.11. The number of aromatic nitrogens is 4. The molecule has 0 unspecified atom stereocenters. The van der Waals surface area contributed by atoms with Crippen LogP contribution in [0.3, 0.4) is 0 Å². The van der Waals surface area contributed by atoms with Crippen LogP contribution in [-0.2, 0) is 0 Å².